The molecule has 1 heteroatoms. The van der Waals surface area contributed by atoms with Gasteiger partial charge in [0.15, 0.2) is 0 Å². The summed E-state index contributed by atoms with van der Waals surface area (Å²) in [4.78, 5) is 12.0. The van der Waals surface area contributed by atoms with Gasteiger partial charge in [0, 0.05) is 5.92 Å². The van der Waals surface area contributed by atoms with E-state index in [4.69, 9.17) is 0 Å². The molecule has 0 saturated heterocycles. The molecule has 0 amide bonds. The summed E-state index contributed by atoms with van der Waals surface area (Å²) in [5.74, 6) is 0.174. The lowest BCUT2D eigenvalue weighted by atomic mass is 9.85. The number of benzene rings is 2. The molecule has 0 aliphatic heterocycles. The fraction of sp³-hybridized carbons (Fsp3) is 0.350. The van der Waals surface area contributed by atoms with Gasteiger partial charge < -0.3 is 0 Å². The highest BCUT2D eigenvalue weighted by molar-refractivity contribution is 5.83. The molecular weight excluding hydrogens is 256 g/mol. The normalized spacial score (nSPS) is 13.0. The molecule has 1 atom stereocenters. The first-order valence-corrected chi connectivity index (χ1v) is 7.53. The molecule has 110 valence electrons. The van der Waals surface area contributed by atoms with Crippen molar-refractivity contribution >= 4 is 5.78 Å². The van der Waals surface area contributed by atoms with E-state index < -0.39 is 0 Å². The van der Waals surface area contributed by atoms with Crippen LogP contribution in [0.1, 0.15) is 50.3 Å². The Balaban J connectivity index is 2.20. The maximum Gasteiger partial charge on any atom is 0.137 e. The third-order valence-corrected chi connectivity index (χ3v) is 3.95. The first kappa shape index (κ1) is 15.5. The van der Waals surface area contributed by atoms with Gasteiger partial charge in [0.2, 0.25) is 0 Å². The average Bonchev–Trinajstić information content (AvgIpc) is 2.45. The summed E-state index contributed by atoms with van der Waals surface area (Å²) in [5, 5.41) is 0. The van der Waals surface area contributed by atoms with Gasteiger partial charge in [-0.1, -0.05) is 75.4 Å². The molecule has 0 aliphatic carbocycles. The van der Waals surface area contributed by atoms with Gasteiger partial charge >= 0.3 is 0 Å². The molecule has 0 N–H and O–H groups in total. The highest BCUT2D eigenvalue weighted by Gasteiger charge is 2.18. The molecule has 0 heterocycles. The minimum absolute atomic E-state index is 0.0494. The predicted octanol–water partition coefficient (Wildman–Crippen LogP) is 4.90. The summed E-state index contributed by atoms with van der Waals surface area (Å²) in [6.45, 7) is 8.32. The van der Waals surface area contributed by atoms with Crippen LogP contribution in [0.5, 0.6) is 0 Å². The lowest BCUT2D eigenvalue weighted by Gasteiger charge is -2.20. The summed E-state index contributed by atoms with van der Waals surface area (Å²) in [6, 6.07) is 18.7. The van der Waals surface area contributed by atoms with Crippen molar-refractivity contribution < 1.29 is 4.79 Å². The molecule has 21 heavy (non-hydrogen) atoms. The monoisotopic (exact) mass is 280 g/mol. The Morgan fingerprint density at radius 3 is 2.00 bits per heavy atom. The Morgan fingerprint density at radius 1 is 0.952 bits per heavy atom. The number of rotatable bonds is 4. The van der Waals surface area contributed by atoms with Crippen LogP contribution in [0, 0.1) is 0 Å². The summed E-state index contributed by atoms with van der Waals surface area (Å²) in [5.41, 5.74) is 3.81. The smallest absolute Gasteiger partial charge is 0.137 e. The fourth-order valence-electron chi connectivity index (χ4n) is 2.56. The van der Waals surface area contributed by atoms with Gasteiger partial charge in [-0.3, -0.25) is 4.79 Å². The molecule has 0 radical (unpaired) electrons. The maximum absolute atomic E-state index is 12.0. The minimum Gasteiger partial charge on any atom is -0.299 e. The first-order valence-electron chi connectivity index (χ1n) is 7.53. The van der Waals surface area contributed by atoms with E-state index in [1.54, 1.807) is 6.92 Å². The van der Waals surface area contributed by atoms with Crippen LogP contribution in [0.3, 0.4) is 0 Å². The predicted molar refractivity (Wildman–Crippen MR) is 88.7 cm³/mol. The van der Waals surface area contributed by atoms with Gasteiger partial charge in [0.05, 0.1) is 0 Å². The second-order valence-corrected chi connectivity index (χ2v) is 6.72. The lowest BCUT2D eigenvalue weighted by Crippen LogP contribution is -2.13. The second kappa shape index (κ2) is 6.26. The summed E-state index contributed by atoms with van der Waals surface area (Å²) in [7, 11) is 0. The number of ketones is 1. The number of carbonyl (C=O) groups is 1. The van der Waals surface area contributed by atoms with Crippen molar-refractivity contribution in [3.63, 3.8) is 0 Å². The van der Waals surface area contributed by atoms with Gasteiger partial charge in [-0.15, -0.1) is 0 Å². The number of carbonyl (C=O) groups excluding carboxylic acids is 1. The number of hydrogen-bond donors (Lipinski definition) is 0. The van der Waals surface area contributed by atoms with Crippen LogP contribution in [0.4, 0.5) is 0 Å². The Kier molecular flexibility index (Phi) is 4.62. The molecule has 1 nitrogen and oxygen atoms in total. The maximum atomic E-state index is 12.0. The average molecular weight is 280 g/mol. The molecule has 0 bridgehead atoms. The van der Waals surface area contributed by atoms with E-state index in [0.717, 1.165) is 12.0 Å². The van der Waals surface area contributed by atoms with Crippen LogP contribution in [0.2, 0.25) is 0 Å². The molecule has 0 fully saturated rings. The van der Waals surface area contributed by atoms with Crippen molar-refractivity contribution in [2.24, 2.45) is 0 Å². The highest BCUT2D eigenvalue weighted by atomic mass is 16.1. The first-order chi connectivity index (χ1) is 9.88. The Bertz CT molecular complexity index is 588. The molecule has 2 aromatic carbocycles. The fourth-order valence-corrected chi connectivity index (χ4v) is 2.56. The summed E-state index contributed by atoms with van der Waals surface area (Å²) >= 11 is 0. The third-order valence-electron chi connectivity index (χ3n) is 3.95. The molecule has 0 spiro atoms. The van der Waals surface area contributed by atoms with Gasteiger partial charge in [0.1, 0.15) is 5.78 Å². The largest absolute Gasteiger partial charge is 0.299 e. The van der Waals surface area contributed by atoms with Crippen LogP contribution in [0.15, 0.2) is 54.6 Å². The van der Waals surface area contributed by atoms with Gasteiger partial charge in [-0.2, -0.15) is 0 Å². The summed E-state index contributed by atoms with van der Waals surface area (Å²) in [6.07, 6.45) is 0.768. The van der Waals surface area contributed by atoms with Crippen LogP contribution in [-0.4, -0.2) is 5.78 Å². The van der Waals surface area contributed by atoms with Crippen LogP contribution < -0.4 is 0 Å². The molecule has 0 aromatic heterocycles. The number of hydrogen-bond acceptors (Lipinski definition) is 1. The minimum atomic E-state index is -0.0494. The van der Waals surface area contributed by atoms with E-state index >= 15 is 0 Å². The third kappa shape index (κ3) is 4.04. The van der Waals surface area contributed by atoms with E-state index in [9.17, 15) is 4.79 Å². The van der Waals surface area contributed by atoms with Crippen molar-refractivity contribution in [2.75, 3.05) is 0 Å². The van der Waals surface area contributed by atoms with Crippen molar-refractivity contribution in [3.8, 4) is 0 Å². The second-order valence-electron chi connectivity index (χ2n) is 6.72. The van der Waals surface area contributed by atoms with Crippen LogP contribution in [-0.2, 0) is 16.6 Å². The van der Waals surface area contributed by atoms with Crippen molar-refractivity contribution in [1.29, 1.82) is 0 Å². The van der Waals surface area contributed by atoms with E-state index in [1.807, 2.05) is 30.3 Å². The standard InChI is InChI=1S/C20H24O/c1-15(21)19(17-8-6-5-7-9-17)14-16-10-12-18(13-11-16)20(2,3)4/h5-13,19H,14H2,1-4H3. The quantitative estimate of drug-likeness (QED) is 0.778. The van der Waals surface area contributed by atoms with E-state index in [1.165, 1.54) is 11.1 Å². The Labute approximate surface area is 128 Å². The molecule has 0 aliphatic rings. The molecular formula is C20H24O. The van der Waals surface area contributed by atoms with E-state index in [-0.39, 0.29) is 17.1 Å². The van der Waals surface area contributed by atoms with Gasteiger partial charge in [-0.05, 0) is 35.4 Å². The zero-order valence-corrected chi connectivity index (χ0v) is 13.4. The van der Waals surface area contributed by atoms with Crippen LogP contribution in [0.25, 0.3) is 0 Å². The van der Waals surface area contributed by atoms with Gasteiger partial charge in [-0.25, -0.2) is 0 Å². The van der Waals surface area contributed by atoms with Crippen molar-refractivity contribution in [2.45, 2.75) is 45.4 Å². The summed E-state index contributed by atoms with van der Waals surface area (Å²) < 4.78 is 0. The van der Waals surface area contributed by atoms with E-state index in [0.29, 0.717) is 0 Å². The van der Waals surface area contributed by atoms with Crippen LogP contribution >= 0.6 is 0 Å². The SMILES string of the molecule is CC(=O)C(Cc1ccc(C(C)(C)C)cc1)c1ccccc1. The molecule has 2 rings (SSSR count). The lowest BCUT2D eigenvalue weighted by molar-refractivity contribution is -0.118. The zero-order chi connectivity index (χ0) is 15.5. The molecule has 2 aromatic rings. The van der Waals surface area contributed by atoms with E-state index in [2.05, 4.69) is 45.0 Å². The van der Waals surface area contributed by atoms with Gasteiger partial charge in [0.25, 0.3) is 0 Å². The molecule has 1 unspecified atom stereocenters. The Hall–Kier alpha value is -1.89. The van der Waals surface area contributed by atoms with Crippen molar-refractivity contribution in [3.05, 3.63) is 71.3 Å². The topological polar surface area (TPSA) is 17.1 Å². The van der Waals surface area contributed by atoms with Crippen molar-refractivity contribution in [1.82, 2.24) is 0 Å². The zero-order valence-electron chi connectivity index (χ0n) is 13.4. The number of Topliss-reactive ketones (excluding diaryl/α,β-unsaturated/α-hetero) is 1. The Morgan fingerprint density at radius 2 is 1.52 bits per heavy atom. The molecule has 0 saturated carbocycles. The highest BCUT2D eigenvalue weighted by Crippen LogP contribution is 2.25.